The van der Waals surface area contributed by atoms with Gasteiger partial charge < -0.3 is 9.47 Å². The van der Waals surface area contributed by atoms with Crippen LogP contribution in [0.1, 0.15) is 25.0 Å². The maximum atomic E-state index is 13.9. The predicted octanol–water partition coefficient (Wildman–Crippen LogP) is 6.58. The number of hydrogen-bond donors (Lipinski definition) is 0. The Labute approximate surface area is 258 Å². The maximum Gasteiger partial charge on any atom is 0.332 e. The average Bonchev–Trinajstić information content (AvgIpc) is 3.00. The fourth-order valence-corrected chi connectivity index (χ4v) is 4.50. The zero-order valence-electron chi connectivity index (χ0n) is 25.9. The van der Waals surface area contributed by atoms with Gasteiger partial charge in [0.05, 0.1) is 0 Å². The lowest BCUT2D eigenvalue weighted by Gasteiger charge is -2.34. The van der Waals surface area contributed by atoms with E-state index < -0.39 is 36.5 Å². The number of carbonyl (C=O) groups is 4. The Bertz CT molecular complexity index is 1440. The van der Waals surface area contributed by atoms with Crippen LogP contribution in [0.4, 0.5) is 32.3 Å². The second-order valence-corrected chi connectivity index (χ2v) is 10.1. The Morgan fingerprint density at radius 1 is 0.614 bits per heavy atom. The van der Waals surface area contributed by atoms with Gasteiger partial charge in [0.1, 0.15) is 0 Å². The molecule has 0 saturated carbocycles. The number of benzene rings is 3. The molecule has 0 heterocycles. The quantitative estimate of drug-likeness (QED) is 0.149. The molecule has 3 rings (SSSR count). The molecule has 44 heavy (non-hydrogen) atoms. The topological polar surface area (TPSA) is 99.7 Å². The largest absolute Gasteiger partial charge is 0.438 e. The Hall–Kier alpha value is -5.38. The zero-order valence-corrected chi connectivity index (χ0v) is 25.9. The van der Waals surface area contributed by atoms with Gasteiger partial charge in [-0.05, 0) is 81.3 Å². The minimum atomic E-state index is -0.952. The second-order valence-electron chi connectivity index (χ2n) is 10.1. The summed E-state index contributed by atoms with van der Waals surface area (Å²) in [4.78, 5) is 57.4. The minimum Gasteiger partial charge on any atom is -0.438 e. The third-order valence-corrected chi connectivity index (χ3v) is 6.78. The summed E-state index contributed by atoms with van der Waals surface area (Å²) >= 11 is 0. The van der Waals surface area contributed by atoms with Gasteiger partial charge in [0.15, 0.2) is 12.5 Å². The van der Waals surface area contributed by atoms with E-state index in [2.05, 4.69) is 13.2 Å². The highest BCUT2D eigenvalue weighted by Crippen LogP contribution is 2.28. The van der Waals surface area contributed by atoms with Crippen LogP contribution in [0.5, 0.6) is 0 Å². The van der Waals surface area contributed by atoms with E-state index in [9.17, 15) is 19.2 Å². The van der Waals surface area contributed by atoms with E-state index in [-0.39, 0.29) is 0 Å². The molecule has 0 aromatic heterocycles. The molecule has 0 N–H and O–H groups in total. The molecule has 0 bridgehead atoms. The van der Waals surface area contributed by atoms with Crippen LogP contribution in [0.15, 0.2) is 98.1 Å². The molecule has 3 aromatic carbocycles. The van der Waals surface area contributed by atoms with Crippen molar-refractivity contribution in [1.82, 2.24) is 0 Å². The molecular formula is C34H38N4O6. The molecule has 0 saturated heterocycles. The number of nitrogens with zero attached hydrogens (tertiary/aromatic N) is 4. The summed E-state index contributed by atoms with van der Waals surface area (Å²) in [7, 11) is 3.17. The Kier molecular flexibility index (Phi) is 11.1. The van der Waals surface area contributed by atoms with Crippen molar-refractivity contribution in [1.29, 1.82) is 0 Å². The van der Waals surface area contributed by atoms with Crippen molar-refractivity contribution < 1.29 is 28.7 Å². The first kappa shape index (κ1) is 33.1. The molecule has 3 aromatic rings. The number of anilines is 4. The highest BCUT2D eigenvalue weighted by atomic mass is 16.6. The summed E-state index contributed by atoms with van der Waals surface area (Å²) in [5.74, 6) is -1.34. The van der Waals surface area contributed by atoms with Crippen molar-refractivity contribution in [2.75, 3.05) is 33.7 Å². The lowest BCUT2D eigenvalue weighted by molar-refractivity contribution is -0.142. The predicted molar refractivity (Wildman–Crippen MR) is 173 cm³/mol. The van der Waals surface area contributed by atoms with Gasteiger partial charge in [0.25, 0.3) is 0 Å². The van der Waals surface area contributed by atoms with Gasteiger partial charge in [-0.1, -0.05) is 43.5 Å². The van der Waals surface area contributed by atoms with Gasteiger partial charge in [0, 0.05) is 49.0 Å². The Morgan fingerprint density at radius 3 is 1.30 bits per heavy atom. The lowest BCUT2D eigenvalue weighted by atomic mass is 10.2. The van der Waals surface area contributed by atoms with Crippen LogP contribution in [0.25, 0.3) is 0 Å². The van der Waals surface area contributed by atoms with Gasteiger partial charge in [-0.15, -0.1) is 0 Å². The van der Waals surface area contributed by atoms with Crippen molar-refractivity contribution >= 4 is 46.8 Å². The Balaban J connectivity index is 1.96. The summed E-state index contributed by atoms with van der Waals surface area (Å²) in [6.07, 6.45) is 0.170. The number of rotatable bonds is 10. The van der Waals surface area contributed by atoms with Gasteiger partial charge in [-0.2, -0.15) is 0 Å². The fraction of sp³-hybridized carbons (Fsp3) is 0.235. The summed E-state index contributed by atoms with van der Waals surface area (Å²) in [6, 6.07) is 20.4. The van der Waals surface area contributed by atoms with E-state index in [0.29, 0.717) is 22.7 Å². The molecule has 0 fully saturated rings. The van der Waals surface area contributed by atoms with E-state index >= 15 is 0 Å². The maximum absolute atomic E-state index is 13.9. The smallest absolute Gasteiger partial charge is 0.332 e. The number of aryl methyl sites for hydroxylation is 2. The van der Waals surface area contributed by atoms with Crippen molar-refractivity contribution in [3.63, 3.8) is 0 Å². The van der Waals surface area contributed by atoms with Gasteiger partial charge >= 0.3 is 24.0 Å². The van der Waals surface area contributed by atoms with Crippen molar-refractivity contribution in [3.8, 4) is 0 Å². The highest BCUT2D eigenvalue weighted by molar-refractivity contribution is 6.06. The van der Waals surface area contributed by atoms with Crippen LogP contribution in [-0.4, -0.2) is 50.6 Å². The zero-order chi connectivity index (χ0) is 32.6. The first-order valence-electron chi connectivity index (χ1n) is 13.9. The first-order valence-corrected chi connectivity index (χ1v) is 13.9. The van der Waals surface area contributed by atoms with Crippen LogP contribution in [0.2, 0.25) is 0 Å². The summed E-state index contributed by atoms with van der Waals surface area (Å²) in [6.45, 7) is 13.9. The number of carbonyl (C=O) groups excluding carboxylic acids is 4. The van der Waals surface area contributed by atoms with E-state index in [1.54, 1.807) is 64.3 Å². The van der Waals surface area contributed by atoms with E-state index in [1.165, 1.54) is 19.6 Å². The SMILES string of the molecule is C=CC(=O)OC(C)N(C(=O)N(C)c1cccc(N(C)C(=O)N(c2cccc(C)c2)C(C)OC(=O)C=C)c1)c1cccc(C)c1. The summed E-state index contributed by atoms with van der Waals surface area (Å²) in [5.41, 5.74) is 3.84. The monoisotopic (exact) mass is 598 g/mol. The van der Waals surface area contributed by atoms with Crippen LogP contribution < -0.4 is 19.6 Å². The number of ether oxygens (including phenoxy) is 2. The summed E-state index contributed by atoms with van der Waals surface area (Å²) < 4.78 is 10.8. The van der Waals surface area contributed by atoms with Crippen LogP contribution >= 0.6 is 0 Å². The number of hydrogen-bond acceptors (Lipinski definition) is 6. The van der Waals surface area contributed by atoms with E-state index in [1.807, 2.05) is 50.2 Å². The number of esters is 2. The van der Waals surface area contributed by atoms with Crippen molar-refractivity contribution in [2.24, 2.45) is 0 Å². The molecule has 10 heteroatoms. The average molecular weight is 599 g/mol. The molecule has 230 valence electrons. The van der Waals surface area contributed by atoms with Crippen LogP contribution in [0.3, 0.4) is 0 Å². The van der Waals surface area contributed by atoms with Crippen molar-refractivity contribution in [2.45, 2.75) is 40.2 Å². The number of amides is 4. The van der Waals surface area contributed by atoms with Crippen LogP contribution in [0, 0.1) is 13.8 Å². The normalized spacial score (nSPS) is 11.8. The molecular weight excluding hydrogens is 560 g/mol. The van der Waals surface area contributed by atoms with Gasteiger partial charge in [0.2, 0.25) is 0 Å². The molecule has 0 aliphatic carbocycles. The van der Waals surface area contributed by atoms with Gasteiger partial charge in [-0.25, -0.2) is 19.2 Å². The van der Waals surface area contributed by atoms with Crippen LogP contribution in [-0.2, 0) is 19.1 Å². The third kappa shape index (κ3) is 7.91. The minimum absolute atomic E-state index is 0.472. The Morgan fingerprint density at radius 2 is 0.955 bits per heavy atom. The van der Waals surface area contributed by atoms with Crippen molar-refractivity contribution in [3.05, 3.63) is 109 Å². The standard InChI is InChI=1S/C34H38N4O6/c1-9-31(39)43-25(5)37(29-18-11-14-23(3)20-29)33(41)35(7)27-16-13-17-28(22-27)36(8)34(42)38(26(6)44-32(40)10-2)30-19-12-15-24(4)21-30/h9-22,25-26H,1-2H2,3-8H3. The molecule has 0 spiro atoms. The number of urea groups is 2. The molecule has 0 radical (unpaired) electrons. The summed E-state index contributed by atoms with van der Waals surface area (Å²) in [5, 5.41) is 0. The fourth-order valence-electron chi connectivity index (χ4n) is 4.50. The highest BCUT2D eigenvalue weighted by Gasteiger charge is 2.30. The second kappa shape index (κ2) is 14.7. The van der Waals surface area contributed by atoms with E-state index in [0.717, 1.165) is 23.3 Å². The first-order chi connectivity index (χ1) is 20.9. The molecule has 0 aliphatic rings. The molecule has 2 unspecified atom stereocenters. The van der Waals surface area contributed by atoms with Gasteiger partial charge in [-0.3, -0.25) is 19.6 Å². The third-order valence-electron chi connectivity index (χ3n) is 6.78. The molecule has 4 amide bonds. The molecule has 10 nitrogen and oxygen atoms in total. The molecule has 2 atom stereocenters. The van der Waals surface area contributed by atoms with E-state index in [4.69, 9.17) is 9.47 Å². The lowest BCUT2D eigenvalue weighted by Crippen LogP contribution is -2.48. The molecule has 0 aliphatic heterocycles.